The zero-order valence-electron chi connectivity index (χ0n) is 10.9. The van der Waals surface area contributed by atoms with E-state index < -0.39 is 0 Å². The molecule has 0 atom stereocenters. The first-order valence-corrected chi connectivity index (χ1v) is 6.57. The lowest BCUT2D eigenvalue weighted by molar-refractivity contribution is 0.0994. The lowest BCUT2D eigenvalue weighted by Gasteiger charge is -2.10. The second-order valence-corrected chi connectivity index (χ2v) is 4.62. The highest BCUT2D eigenvalue weighted by molar-refractivity contribution is 6.01. The smallest absolute Gasteiger partial charge is 0.163 e. The number of carbonyl (C=O) groups is 1. The van der Waals surface area contributed by atoms with Gasteiger partial charge >= 0.3 is 0 Å². The van der Waals surface area contributed by atoms with Crippen molar-refractivity contribution in [3.63, 3.8) is 0 Å². The molecule has 1 aromatic carbocycles. The van der Waals surface area contributed by atoms with Gasteiger partial charge in [0.25, 0.3) is 0 Å². The quantitative estimate of drug-likeness (QED) is 0.844. The number of imidazole rings is 1. The molecule has 3 rings (SSSR count). The van der Waals surface area contributed by atoms with Crippen LogP contribution in [-0.2, 0) is 19.6 Å². The second-order valence-electron chi connectivity index (χ2n) is 4.62. The van der Waals surface area contributed by atoms with E-state index in [4.69, 9.17) is 4.74 Å². The number of hydrogen-bond donors (Lipinski definition) is 0. The van der Waals surface area contributed by atoms with Crippen molar-refractivity contribution < 1.29 is 9.53 Å². The monoisotopic (exact) mass is 256 g/mol. The Bertz CT molecular complexity index is 616. The standard InChI is InChI=1S/C15H16N2O2/c1-2-17-9-8-16-15(17)10-19-14-5-3-4-11-12(14)6-7-13(11)18/h3-5,8-9H,2,6-7,10H2,1H3. The van der Waals surface area contributed by atoms with Crippen LogP contribution >= 0.6 is 0 Å². The van der Waals surface area contributed by atoms with E-state index >= 15 is 0 Å². The van der Waals surface area contributed by atoms with Crippen LogP contribution in [0, 0.1) is 0 Å². The molecule has 0 radical (unpaired) electrons. The molecule has 0 aliphatic heterocycles. The van der Waals surface area contributed by atoms with Gasteiger partial charge in [-0.15, -0.1) is 0 Å². The second kappa shape index (κ2) is 4.88. The van der Waals surface area contributed by atoms with E-state index in [1.54, 1.807) is 6.20 Å². The summed E-state index contributed by atoms with van der Waals surface area (Å²) in [5, 5.41) is 0. The summed E-state index contributed by atoms with van der Waals surface area (Å²) in [5.41, 5.74) is 1.86. The summed E-state index contributed by atoms with van der Waals surface area (Å²) < 4.78 is 7.90. The first kappa shape index (κ1) is 12.0. The van der Waals surface area contributed by atoms with Crippen molar-refractivity contribution in [1.82, 2.24) is 9.55 Å². The molecule has 1 aliphatic rings. The van der Waals surface area contributed by atoms with Crippen molar-refractivity contribution in [2.75, 3.05) is 0 Å². The summed E-state index contributed by atoms with van der Waals surface area (Å²) in [7, 11) is 0. The molecular formula is C15H16N2O2. The van der Waals surface area contributed by atoms with Gasteiger partial charge in [0.1, 0.15) is 18.2 Å². The summed E-state index contributed by atoms with van der Waals surface area (Å²) in [4.78, 5) is 16.0. The normalized spacial score (nSPS) is 13.6. The van der Waals surface area contributed by atoms with Crippen molar-refractivity contribution in [2.24, 2.45) is 0 Å². The lowest BCUT2D eigenvalue weighted by atomic mass is 10.1. The average molecular weight is 256 g/mol. The number of fused-ring (bicyclic) bond motifs is 1. The third kappa shape index (κ3) is 2.14. The number of hydrogen-bond acceptors (Lipinski definition) is 3. The van der Waals surface area contributed by atoms with Crippen LogP contribution in [0.3, 0.4) is 0 Å². The van der Waals surface area contributed by atoms with Crippen LogP contribution in [0.5, 0.6) is 5.75 Å². The van der Waals surface area contributed by atoms with Crippen molar-refractivity contribution in [2.45, 2.75) is 32.9 Å². The van der Waals surface area contributed by atoms with Gasteiger partial charge in [0.2, 0.25) is 0 Å². The number of aryl methyl sites for hydroxylation is 1. The van der Waals surface area contributed by atoms with Crippen LogP contribution in [0.15, 0.2) is 30.6 Å². The number of benzene rings is 1. The fourth-order valence-corrected chi connectivity index (χ4v) is 2.50. The lowest BCUT2D eigenvalue weighted by Crippen LogP contribution is -2.06. The number of rotatable bonds is 4. The molecule has 0 spiro atoms. The summed E-state index contributed by atoms with van der Waals surface area (Å²) >= 11 is 0. The fraction of sp³-hybridized carbons (Fsp3) is 0.333. The minimum Gasteiger partial charge on any atom is -0.485 e. The first-order chi connectivity index (χ1) is 9.29. The number of nitrogens with zero attached hydrogens (tertiary/aromatic N) is 2. The predicted molar refractivity (Wildman–Crippen MR) is 71.3 cm³/mol. The maximum absolute atomic E-state index is 11.7. The van der Waals surface area contributed by atoms with Gasteiger partial charge in [0, 0.05) is 36.5 Å². The molecule has 1 aromatic heterocycles. The third-order valence-corrected chi connectivity index (χ3v) is 3.53. The molecule has 2 aromatic rings. The maximum Gasteiger partial charge on any atom is 0.163 e. The van der Waals surface area contributed by atoms with Crippen molar-refractivity contribution >= 4 is 5.78 Å². The van der Waals surface area contributed by atoms with Gasteiger partial charge in [-0.05, 0) is 19.4 Å². The summed E-state index contributed by atoms with van der Waals surface area (Å²) in [6.45, 7) is 3.39. The van der Waals surface area contributed by atoms with Gasteiger partial charge in [0.05, 0.1) is 0 Å². The highest BCUT2D eigenvalue weighted by atomic mass is 16.5. The number of Topliss-reactive ketones (excluding diaryl/α,β-unsaturated/α-hetero) is 1. The van der Waals surface area contributed by atoms with Crippen molar-refractivity contribution in [3.05, 3.63) is 47.5 Å². The van der Waals surface area contributed by atoms with Crippen LogP contribution in [0.1, 0.15) is 35.1 Å². The van der Waals surface area contributed by atoms with Crippen LogP contribution < -0.4 is 4.74 Å². The molecule has 0 saturated heterocycles. The van der Waals surface area contributed by atoms with E-state index in [2.05, 4.69) is 11.9 Å². The minimum absolute atomic E-state index is 0.218. The Balaban J connectivity index is 1.80. The highest BCUT2D eigenvalue weighted by Gasteiger charge is 2.22. The van der Waals surface area contributed by atoms with Crippen LogP contribution in [0.25, 0.3) is 0 Å². The van der Waals surface area contributed by atoms with E-state index in [0.717, 1.165) is 35.7 Å². The molecule has 0 bridgehead atoms. The summed E-state index contributed by atoms with van der Waals surface area (Å²) in [6.07, 6.45) is 5.10. The van der Waals surface area contributed by atoms with E-state index in [1.165, 1.54) is 0 Å². The Kier molecular flexibility index (Phi) is 3.07. The average Bonchev–Trinajstić information content (AvgIpc) is 3.03. The van der Waals surface area contributed by atoms with Gasteiger partial charge in [-0.25, -0.2) is 4.98 Å². The van der Waals surface area contributed by atoms with Gasteiger partial charge < -0.3 is 9.30 Å². The van der Waals surface area contributed by atoms with Crippen LogP contribution in [0.2, 0.25) is 0 Å². The first-order valence-electron chi connectivity index (χ1n) is 6.57. The van der Waals surface area contributed by atoms with Gasteiger partial charge in [0.15, 0.2) is 5.78 Å². The Morgan fingerprint density at radius 1 is 1.37 bits per heavy atom. The maximum atomic E-state index is 11.7. The molecule has 4 nitrogen and oxygen atoms in total. The fourth-order valence-electron chi connectivity index (χ4n) is 2.50. The Morgan fingerprint density at radius 3 is 3.11 bits per heavy atom. The van der Waals surface area contributed by atoms with Crippen LogP contribution in [0.4, 0.5) is 0 Å². The van der Waals surface area contributed by atoms with E-state index in [9.17, 15) is 4.79 Å². The van der Waals surface area contributed by atoms with Crippen LogP contribution in [-0.4, -0.2) is 15.3 Å². The molecular weight excluding hydrogens is 240 g/mol. The topological polar surface area (TPSA) is 44.1 Å². The predicted octanol–water partition coefficient (Wildman–Crippen LogP) is 2.61. The van der Waals surface area contributed by atoms with E-state index in [1.807, 2.05) is 29.0 Å². The van der Waals surface area contributed by atoms with E-state index in [0.29, 0.717) is 13.0 Å². The molecule has 1 heterocycles. The number of ether oxygens (including phenoxy) is 1. The minimum atomic E-state index is 0.218. The Labute approximate surface area is 112 Å². The number of ketones is 1. The third-order valence-electron chi connectivity index (χ3n) is 3.53. The molecule has 0 amide bonds. The molecule has 0 unspecified atom stereocenters. The van der Waals surface area contributed by atoms with Crippen molar-refractivity contribution in [3.8, 4) is 5.75 Å². The molecule has 1 aliphatic carbocycles. The molecule has 0 N–H and O–H groups in total. The molecule has 0 fully saturated rings. The summed E-state index contributed by atoms with van der Waals surface area (Å²) in [6, 6.07) is 5.69. The zero-order valence-corrected chi connectivity index (χ0v) is 10.9. The molecule has 4 heteroatoms. The van der Waals surface area contributed by atoms with Gasteiger partial charge in [-0.3, -0.25) is 4.79 Å². The summed E-state index contributed by atoms with van der Waals surface area (Å²) in [5.74, 6) is 1.94. The molecule has 98 valence electrons. The SMILES string of the molecule is CCn1ccnc1COc1cccc2c1CCC2=O. The van der Waals surface area contributed by atoms with Gasteiger partial charge in [-0.1, -0.05) is 12.1 Å². The van der Waals surface area contributed by atoms with Gasteiger partial charge in [-0.2, -0.15) is 0 Å². The zero-order chi connectivity index (χ0) is 13.2. The molecule has 19 heavy (non-hydrogen) atoms. The largest absolute Gasteiger partial charge is 0.485 e. The Hall–Kier alpha value is -2.10. The van der Waals surface area contributed by atoms with E-state index in [-0.39, 0.29) is 5.78 Å². The molecule has 0 saturated carbocycles. The highest BCUT2D eigenvalue weighted by Crippen LogP contribution is 2.30. The van der Waals surface area contributed by atoms with Crippen molar-refractivity contribution in [1.29, 1.82) is 0 Å². The number of aromatic nitrogens is 2. The Morgan fingerprint density at radius 2 is 2.26 bits per heavy atom. The number of carbonyl (C=O) groups excluding carboxylic acids is 1.